The zero-order valence-electron chi connectivity index (χ0n) is 10.6. The van der Waals surface area contributed by atoms with Crippen LogP contribution in [0.4, 0.5) is 0 Å². The van der Waals surface area contributed by atoms with Crippen LogP contribution in [0.15, 0.2) is 11.6 Å². The van der Waals surface area contributed by atoms with E-state index in [1.54, 1.807) is 0 Å². The van der Waals surface area contributed by atoms with Gasteiger partial charge in [-0.3, -0.25) is 4.90 Å². The lowest BCUT2D eigenvalue weighted by Gasteiger charge is -2.26. The first-order valence-corrected chi connectivity index (χ1v) is 5.95. The molecule has 18 heavy (non-hydrogen) atoms. The third-order valence-corrected chi connectivity index (χ3v) is 2.77. The lowest BCUT2D eigenvalue weighted by molar-refractivity contribution is -0.137. The number of carboxylic acid groups (broad SMARTS) is 1. The zero-order chi connectivity index (χ0) is 13.4. The second kappa shape index (κ2) is 7.84. The van der Waals surface area contributed by atoms with Gasteiger partial charge in [0.15, 0.2) is 0 Å². The van der Waals surface area contributed by atoms with Gasteiger partial charge in [0, 0.05) is 24.7 Å². The van der Waals surface area contributed by atoms with Crippen molar-refractivity contribution in [1.82, 2.24) is 4.90 Å². The maximum atomic E-state index is 11.3. The van der Waals surface area contributed by atoms with Crippen LogP contribution in [0.3, 0.4) is 0 Å². The van der Waals surface area contributed by atoms with Gasteiger partial charge in [-0.05, 0) is 19.4 Å². The molecule has 0 bridgehead atoms. The normalized spacial score (nSPS) is 17.5. The molecule has 6 heteroatoms. The molecule has 1 N–H and O–H groups in total. The first-order chi connectivity index (χ1) is 8.63. The van der Waals surface area contributed by atoms with E-state index in [2.05, 4.69) is 9.64 Å². The Balaban J connectivity index is 2.37. The van der Waals surface area contributed by atoms with Gasteiger partial charge in [0.05, 0.1) is 20.3 Å². The molecular weight excluding hydrogens is 238 g/mol. The molecule has 1 aliphatic rings. The number of carbonyl (C=O) groups is 2. The molecule has 0 radical (unpaired) electrons. The van der Waals surface area contributed by atoms with E-state index in [9.17, 15) is 9.59 Å². The van der Waals surface area contributed by atoms with Crippen molar-refractivity contribution in [2.45, 2.75) is 12.8 Å². The highest BCUT2D eigenvalue weighted by atomic mass is 16.5. The summed E-state index contributed by atoms with van der Waals surface area (Å²) in [6.45, 7) is 4.06. The van der Waals surface area contributed by atoms with Crippen molar-refractivity contribution in [1.29, 1.82) is 0 Å². The topological polar surface area (TPSA) is 76.1 Å². The molecule has 6 nitrogen and oxygen atoms in total. The van der Waals surface area contributed by atoms with Crippen LogP contribution in [0.2, 0.25) is 0 Å². The van der Waals surface area contributed by atoms with E-state index in [-0.39, 0.29) is 5.57 Å². The molecule has 0 spiro atoms. The van der Waals surface area contributed by atoms with E-state index in [4.69, 9.17) is 9.84 Å². The maximum Gasteiger partial charge on any atom is 0.333 e. The highest BCUT2D eigenvalue weighted by molar-refractivity contribution is 5.95. The molecule has 0 saturated carbocycles. The summed E-state index contributed by atoms with van der Waals surface area (Å²) < 4.78 is 9.78. The van der Waals surface area contributed by atoms with E-state index in [0.29, 0.717) is 6.42 Å². The van der Waals surface area contributed by atoms with Crippen LogP contribution >= 0.6 is 0 Å². The van der Waals surface area contributed by atoms with Crippen molar-refractivity contribution in [3.05, 3.63) is 11.6 Å². The predicted octanol–water partition coefficient (Wildman–Crippen LogP) is 0.283. The van der Waals surface area contributed by atoms with Gasteiger partial charge in [0.25, 0.3) is 0 Å². The first-order valence-electron chi connectivity index (χ1n) is 5.95. The van der Waals surface area contributed by atoms with Gasteiger partial charge in [-0.15, -0.1) is 0 Å². The van der Waals surface area contributed by atoms with Gasteiger partial charge in [-0.1, -0.05) is 0 Å². The number of esters is 1. The summed E-state index contributed by atoms with van der Waals surface area (Å²) in [5, 5.41) is 8.67. The molecule has 102 valence electrons. The number of carbonyl (C=O) groups excluding carboxylic acids is 1. The Morgan fingerprint density at radius 3 is 2.61 bits per heavy atom. The van der Waals surface area contributed by atoms with Crippen LogP contribution in [0.5, 0.6) is 0 Å². The van der Waals surface area contributed by atoms with Crippen molar-refractivity contribution >= 4 is 11.9 Å². The van der Waals surface area contributed by atoms with Crippen molar-refractivity contribution in [3.8, 4) is 0 Å². The van der Waals surface area contributed by atoms with E-state index < -0.39 is 11.9 Å². The highest BCUT2D eigenvalue weighted by Crippen LogP contribution is 2.09. The average molecular weight is 257 g/mol. The molecule has 1 rings (SSSR count). The Kier molecular flexibility index (Phi) is 6.38. The lowest BCUT2D eigenvalue weighted by Crippen LogP contribution is -2.36. The molecular formula is C12H19NO5. The molecule has 0 aromatic rings. The van der Waals surface area contributed by atoms with E-state index in [0.717, 1.165) is 45.3 Å². The number of carboxylic acids is 1. The summed E-state index contributed by atoms with van der Waals surface area (Å²) in [5.41, 5.74) is 0.207. The second-order valence-electron chi connectivity index (χ2n) is 4.06. The fourth-order valence-electron chi connectivity index (χ4n) is 1.83. The lowest BCUT2D eigenvalue weighted by atomic mass is 10.1. The Morgan fingerprint density at radius 1 is 1.39 bits per heavy atom. The monoisotopic (exact) mass is 257 g/mol. The summed E-state index contributed by atoms with van der Waals surface area (Å²) in [6.07, 6.45) is 2.07. The largest absolute Gasteiger partial charge is 0.478 e. The molecule has 0 amide bonds. The minimum Gasteiger partial charge on any atom is -0.478 e. The van der Waals surface area contributed by atoms with Gasteiger partial charge in [-0.2, -0.15) is 0 Å². The molecule has 1 saturated heterocycles. The summed E-state index contributed by atoms with van der Waals surface area (Å²) in [6, 6.07) is 0. The fraction of sp³-hybridized carbons (Fsp3) is 0.667. The van der Waals surface area contributed by atoms with Gasteiger partial charge in [0.2, 0.25) is 0 Å². The van der Waals surface area contributed by atoms with Gasteiger partial charge < -0.3 is 14.6 Å². The minimum absolute atomic E-state index is 0.207. The van der Waals surface area contributed by atoms with Crippen molar-refractivity contribution in [3.63, 3.8) is 0 Å². The van der Waals surface area contributed by atoms with E-state index in [1.807, 2.05) is 0 Å². The smallest absolute Gasteiger partial charge is 0.333 e. The molecule has 0 atom stereocenters. The number of nitrogens with zero attached hydrogens (tertiary/aromatic N) is 1. The third kappa shape index (κ3) is 5.29. The summed E-state index contributed by atoms with van der Waals surface area (Å²) in [7, 11) is 1.25. The Bertz CT molecular complexity index is 320. The van der Waals surface area contributed by atoms with Crippen LogP contribution < -0.4 is 0 Å². The van der Waals surface area contributed by atoms with Gasteiger partial charge >= 0.3 is 11.9 Å². The van der Waals surface area contributed by atoms with Crippen LogP contribution in [0.1, 0.15) is 12.8 Å². The van der Waals surface area contributed by atoms with Crippen LogP contribution in [0, 0.1) is 0 Å². The summed E-state index contributed by atoms with van der Waals surface area (Å²) in [5.74, 6) is -1.69. The molecule has 0 unspecified atom stereocenters. The van der Waals surface area contributed by atoms with Crippen LogP contribution in [-0.4, -0.2) is 61.9 Å². The number of hydrogen-bond donors (Lipinski definition) is 1. The Hall–Kier alpha value is -1.40. The first kappa shape index (κ1) is 14.7. The SMILES string of the molecule is COC(=O)C(=CC(=O)O)CCCN1CCOCC1. The quantitative estimate of drug-likeness (QED) is 0.544. The minimum atomic E-state index is -1.12. The van der Waals surface area contributed by atoms with Crippen LogP contribution in [0.25, 0.3) is 0 Å². The standard InChI is InChI=1S/C12H19NO5/c1-17-12(16)10(9-11(14)15)3-2-4-13-5-7-18-8-6-13/h9H,2-8H2,1H3,(H,14,15). The zero-order valence-corrected chi connectivity index (χ0v) is 10.6. The number of methoxy groups -OCH3 is 1. The van der Waals surface area contributed by atoms with E-state index >= 15 is 0 Å². The van der Waals surface area contributed by atoms with Gasteiger partial charge in [0.1, 0.15) is 0 Å². The molecule has 1 aliphatic heterocycles. The average Bonchev–Trinajstić information content (AvgIpc) is 2.37. The van der Waals surface area contributed by atoms with Crippen LogP contribution in [-0.2, 0) is 19.1 Å². The fourth-order valence-corrected chi connectivity index (χ4v) is 1.83. The van der Waals surface area contributed by atoms with Crippen molar-refractivity contribution in [2.75, 3.05) is 40.0 Å². The highest BCUT2D eigenvalue weighted by Gasteiger charge is 2.14. The second-order valence-corrected chi connectivity index (χ2v) is 4.06. The molecule has 0 aromatic carbocycles. The number of ether oxygens (including phenoxy) is 2. The number of rotatable bonds is 6. The van der Waals surface area contributed by atoms with Gasteiger partial charge in [-0.25, -0.2) is 9.59 Å². The third-order valence-electron chi connectivity index (χ3n) is 2.77. The Morgan fingerprint density at radius 2 is 2.06 bits per heavy atom. The molecule has 1 fully saturated rings. The Labute approximate surface area is 106 Å². The maximum absolute atomic E-state index is 11.3. The van der Waals surface area contributed by atoms with Crippen molar-refractivity contribution < 1.29 is 24.2 Å². The number of morpholine rings is 1. The summed E-state index contributed by atoms with van der Waals surface area (Å²) >= 11 is 0. The predicted molar refractivity (Wildman–Crippen MR) is 64.2 cm³/mol. The van der Waals surface area contributed by atoms with E-state index in [1.165, 1.54) is 7.11 Å². The van der Waals surface area contributed by atoms with Crippen molar-refractivity contribution in [2.24, 2.45) is 0 Å². The summed E-state index contributed by atoms with van der Waals surface area (Å²) in [4.78, 5) is 24.2. The molecule has 1 heterocycles. The molecule has 0 aromatic heterocycles. The number of hydrogen-bond acceptors (Lipinski definition) is 5. The molecule has 0 aliphatic carbocycles. The number of aliphatic carboxylic acids is 1.